The Morgan fingerprint density at radius 1 is 1.33 bits per heavy atom. The Bertz CT molecular complexity index is 548. The first kappa shape index (κ1) is 15.5. The molecule has 1 fully saturated rings. The number of carbonyl (C=O) groups is 3. The minimum Gasteiger partial charge on any atom is -0.344 e. The van der Waals surface area contributed by atoms with E-state index in [0.717, 1.165) is 4.90 Å². The summed E-state index contributed by atoms with van der Waals surface area (Å²) in [6.45, 7) is 0. The summed E-state index contributed by atoms with van der Waals surface area (Å²) in [5.41, 5.74) is 0. The van der Waals surface area contributed by atoms with Gasteiger partial charge in [0.1, 0.15) is 11.9 Å². The summed E-state index contributed by atoms with van der Waals surface area (Å²) in [6, 6.07) is 5.40. The fraction of sp³-hybridized carbons (Fsp3) is 0.357. The molecule has 7 heteroatoms. The highest BCUT2D eigenvalue weighted by Crippen LogP contribution is 2.18. The number of thioether (sulfide) groups is 1. The van der Waals surface area contributed by atoms with Gasteiger partial charge < -0.3 is 5.32 Å². The standard InChI is InChI=1S/C14H15FN2O3S/c15-9-1-3-10(4-2-9)21-8-7-13(19)16-11-5-6-12(18)17-14(11)20/h1-4,11H,5-8H2,(H,16,19)(H,17,18,20). The topological polar surface area (TPSA) is 75.3 Å². The van der Waals surface area contributed by atoms with Crippen molar-refractivity contribution in [3.05, 3.63) is 30.1 Å². The molecule has 0 radical (unpaired) electrons. The van der Waals surface area contributed by atoms with Gasteiger partial charge in [-0.25, -0.2) is 4.39 Å². The lowest BCUT2D eigenvalue weighted by atomic mass is 10.1. The molecule has 2 N–H and O–H groups in total. The Kier molecular flexibility index (Phi) is 5.32. The van der Waals surface area contributed by atoms with Gasteiger partial charge in [-0.2, -0.15) is 0 Å². The minimum atomic E-state index is -0.633. The zero-order valence-corrected chi connectivity index (χ0v) is 12.0. The molecule has 1 unspecified atom stereocenters. The first-order valence-corrected chi connectivity index (χ1v) is 7.54. The van der Waals surface area contributed by atoms with Gasteiger partial charge in [-0.05, 0) is 30.7 Å². The van der Waals surface area contributed by atoms with Crippen molar-refractivity contribution < 1.29 is 18.8 Å². The predicted molar refractivity (Wildman–Crippen MR) is 76.1 cm³/mol. The van der Waals surface area contributed by atoms with Crippen LogP contribution in [0.2, 0.25) is 0 Å². The van der Waals surface area contributed by atoms with Crippen LogP contribution in [0.1, 0.15) is 19.3 Å². The fourth-order valence-corrected chi connectivity index (χ4v) is 2.74. The second-order valence-electron chi connectivity index (χ2n) is 4.62. The van der Waals surface area contributed by atoms with Crippen LogP contribution in [-0.4, -0.2) is 29.5 Å². The zero-order valence-electron chi connectivity index (χ0n) is 11.2. The molecule has 0 aliphatic carbocycles. The lowest BCUT2D eigenvalue weighted by molar-refractivity contribution is -0.137. The number of hydrogen-bond acceptors (Lipinski definition) is 4. The number of imide groups is 1. The van der Waals surface area contributed by atoms with Crippen LogP contribution in [0, 0.1) is 5.82 Å². The zero-order chi connectivity index (χ0) is 15.2. The molecule has 1 atom stereocenters. The van der Waals surface area contributed by atoms with Gasteiger partial charge in [-0.1, -0.05) is 0 Å². The highest BCUT2D eigenvalue weighted by atomic mass is 32.2. The normalized spacial score (nSPS) is 18.2. The third-order valence-corrected chi connectivity index (χ3v) is 4.00. The Hall–Kier alpha value is -1.89. The molecule has 112 valence electrons. The average Bonchev–Trinajstić information content (AvgIpc) is 2.44. The second kappa shape index (κ2) is 7.21. The highest BCUT2D eigenvalue weighted by molar-refractivity contribution is 7.99. The lowest BCUT2D eigenvalue weighted by Gasteiger charge is -2.21. The van der Waals surface area contributed by atoms with Crippen molar-refractivity contribution in [3.8, 4) is 0 Å². The molecule has 0 saturated carbocycles. The molecule has 0 spiro atoms. The average molecular weight is 310 g/mol. The quantitative estimate of drug-likeness (QED) is 0.633. The van der Waals surface area contributed by atoms with Gasteiger partial charge in [0, 0.05) is 23.5 Å². The van der Waals surface area contributed by atoms with Crippen LogP contribution < -0.4 is 10.6 Å². The van der Waals surface area contributed by atoms with Gasteiger partial charge in [0.2, 0.25) is 17.7 Å². The molecular weight excluding hydrogens is 295 g/mol. The lowest BCUT2D eigenvalue weighted by Crippen LogP contribution is -2.52. The van der Waals surface area contributed by atoms with E-state index in [2.05, 4.69) is 10.6 Å². The molecule has 1 aromatic carbocycles. The number of piperidine rings is 1. The third-order valence-electron chi connectivity index (χ3n) is 2.99. The van der Waals surface area contributed by atoms with Gasteiger partial charge >= 0.3 is 0 Å². The smallest absolute Gasteiger partial charge is 0.249 e. The Balaban J connectivity index is 1.71. The van der Waals surface area contributed by atoms with Crippen molar-refractivity contribution >= 4 is 29.5 Å². The predicted octanol–water partition coefficient (Wildman–Crippen LogP) is 1.23. The van der Waals surface area contributed by atoms with Crippen LogP contribution in [0.15, 0.2) is 29.2 Å². The van der Waals surface area contributed by atoms with Crippen molar-refractivity contribution in [1.82, 2.24) is 10.6 Å². The van der Waals surface area contributed by atoms with Crippen molar-refractivity contribution in [2.75, 3.05) is 5.75 Å². The SMILES string of the molecule is O=C1CCC(NC(=O)CCSc2ccc(F)cc2)C(=O)N1. The number of rotatable bonds is 5. The molecule has 2 rings (SSSR count). The number of nitrogens with one attached hydrogen (secondary N) is 2. The molecule has 5 nitrogen and oxygen atoms in total. The van der Waals surface area contributed by atoms with Crippen LogP contribution in [-0.2, 0) is 14.4 Å². The van der Waals surface area contributed by atoms with Gasteiger partial charge in [0.15, 0.2) is 0 Å². The van der Waals surface area contributed by atoms with Crippen LogP contribution in [0.25, 0.3) is 0 Å². The maximum atomic E-state index is 12.7. The molecule has 3 amide bonds. The summed E-state index contributed by atoms with van der Waals surface area (Å²) >= 11 is 1.44. The number of halogens is 1. The van der Waals surface area contributed by atoms with Crippen LogP contribution in [0.5, 0.6) is 0 Å². The van der Waals surface area contributed by atoms with E-state index < -0.39 is 11.9 Å². The summed E-state index contributed by atoms with van der Waals surface area (Å²) in [7, 11) is 0. The van der Waals surface area contributed by atoms with Crippen molar-refractivity contribution in [3.63, 3.8) is 0 Å². The Labute approximate surface area is 125 Å². The molecule has 1 aromatic rings. The van der Waals surface area contributed by atoms with Crippen LogP contribution in [0.4, 0.5) is 4.39 Å². The minimum absolute atomic E-state index is 0.237. The summed E-state index contributed by atoms with van der Waals surface area (Å²) < 4.78 is 12.7. The monoisotopic (exact) mass is 310 g/mol. The van der Waals surface area contributed by atoms with Crippen molar-refractivity contribution in [2.24, 2.45) is 0 Å². The third kappa shape index (κ3) is 4.86. The van der Waals surface area contributed by atoms with Crippen molar-refractivity contribution in [2.45, 2.75) is 30.2 Å². The molecule has 1 aliphatic rings. The summed E-state index contributed by atoms with van der Waals surface area (Å²) in [5.74, 6) is -0.762. The van der Waals surface area contributed by atoms with Crippen LogP contribution >= 0.6 is 11.8 Å². The van der Waals surface area contributed by atoms with Gasteiger partial charge in [0.25, 0.3) is 0 Å². The Morgan fingerprint density at radius 2 is 2.05 bits per heavy atom. The number of amides is 3. The van der Waals surface area contributed by atoms with Gasteiger partial charge in [0.05, 0.1) is 0 Å². The number of benzene rings is 1. The molecule has 1 saturated heterocycles. The highest BCUT2D eigenvalue weighted by Gasteiger charge is 2.27. The van der Waals surface area contributed by atoms with Gasteiger partial charge in [-0.15, -0.1) is 11.8 Å². The molecule has 1 heterocycles. The largest absolute Gasteiger partial charge is 0.344 e. The molecule has 21 heavy (non-hydrogen) atoms. The molecule has 0 aromatic heterocycles. The molecular formula is C14H15FN2O3S. The van der Waals surface area contributed by atoms with E-state index in [1.807, 2.05) is 0 Å². The second-order valence-corrected chi connectivity index (χ2v) is 5.79. The van der Waals surface area contributed by atoms with Crippen molar-refractivity contribution in [1.29, 1.82) is 0 Å². The summed E-state index contributed by atoms with van der Waals surface area (Å²) in [6.07, 6.45) is 0.822. The van der Waals surface area contributed by atoms with E-state index >= 15 is 0 Å². The van der Waals surface area contributed by atoms with E-state index in [1.54, 1.807) is 12.1 Å². The maximum absolute atomic E-state index is 12.7. The first-order chi connectivity index (χ1) is 10.0. The molecule has 1 aliphatic heterocycles. The first-order valence-electron chi connectivity index (χ1n) is 6.56. The molecule has 0 bridgehead atoms. The van der Waals surface area contributed by atoms with E-state index in [9.17, 15) is 18.8 Å². The fourth-order valence-electron chi connectivity index (χ4n) is 1.89. The van der Waals surface area contributed by atoms with E-state index in [4.69, 9.17) is 0 Å². The summed E-state index contributed by atoms with van der Waals surface area (Å²) in [4.78, 5) is 35.1. The van der Waals surface area contributed by atoms with E-state index in [-0.39, 0.29) is 30.5 Å². The Morgan fingerprint density at radius 3 is 2.71 bits per heavy atom. The van der Waals surface area contributed by atoms with Gasteiger partial charge in [-0.3, -0.25) is 19.7 Å². The maximum Gasteiger partial charge on any atom is 0.249 e. The van der Waals surface area contributed by atoms with E-state index in [1.165, 1.54) is 23.9 Å². The van der Waals surface area contributed by atoms with E-state index in [0.29, 0.717) is 12.2 Å². The number of hydrogen-bond donors (Lipinski definition) is 2. The van der Waals surface area contributed by atoms with Crippen LogP contribution in [0.3, 0.4) is 0 Å². The summed E-state index contributed by atoms with van der Waals surface area (Å²) in [5, 5.41) is 4.80. The number of carbonyl (C=O) groups excluding carboxylic acids is 3.